The van der Waals surface area contributed by atoms with Crippen LogP contribution in [0.2, 0.25) is 0 Å². The minimum Gasteiger partial charge on any atom is -0.497 e. The first-order valence-corrected chi connectivity index (χ1v) is 4.35. The van der Waals surface area contributed by atoms with Crippen LogP contribution in [0.3, 0.4) is 0 Å². The van der Waals surface area contributed by atoms with E-state index in [0.29, 0.717) is 0 Å². The van der Waals surface area contributed by atoms with Crippen LogP contribution in [0.4, 0.5) is 0 Å². The normalized spacial score (nSPS) is 12.7. The van der Waals surface area contributed by atoms with Crippen molar-refractivity contribution in [1.29, 1.82) is 0 Å². The highest BCUT2D eigenvalue weighted by molar-refractivity contribution is 5.38. The van der Waals surface area contributed by atoms with Gasteiger partial charge in [-0.3, -0.25) is 0 Å². The average molecular weight is 178 g/mol. The van der Waals surface area contributed by atoms with Gasteiger partial charge in [0.2, 0.25) is 0 Å². The Hall–Kier alpha value is -1.31. The summed E-state index contributed by atoms with van der Waals surface area (Å²) < 4.78 is 5.14. The van der Waals surface area contributed by atoms with Crippen LogP contribution in [0.25, 0.3) is 0 Å². The van der Waals surface area contributed by atoms with E-state index < -0.39 is 0 Å². The molecule has 0 spiro atoms. The van der Waals surface area contributed by atoms with Gasteiger partial charge in [-0.1, -0.05) is 6.07 Å². The topological polar surface area (TPSA) is 26.3 Å². The molecule has 0 aliphatic heterocycles. The third-order valence-corrected chi connectivity index (χ3v) is 2.31. The summed E-state index contributed by atoms with van der Waals surface area (Å²) in [7, 11) is 1.72. The lowest BCUT2D eigenvalue weighted by Crippen LogP contribution is -1.86. The first kappa shape index (κ1) is 9.78. The zero-order valence-corrected chi connectivity index (χ0v) is 7.88. The van der Waals surface area contributed by atoms with Crippen LogP contribution in [-0.4, -0.2) is 13.9 Å². The first-order valence-electron chi connectivity index (χ1n) is 4.35. The molecule has 1 aromatic rings. The molecule has 2 heteroatoms. The van der Waals surface area contributed by atoms with Gasteiger partial charge in [0.05, 0.1) is 7.11 Å². The van der Waals surface area contributed by atoms with Gasteiger partial charge in [0.25, 0.3) is 0 Å². The Bertz CT molecular complexity index is 281. The van der Waals surface area contributed by atoms with E-state index in [9.17, 15) is 0 Å². The van der Waals surface area contributed by atoms with Crippen LogP contribution in [0.15, 0.2) is 18.2 Å². The minimum atomic E-state index is 0.991. The summed E-state index contributed by atoms with van der Waals surface area (Å²) in [5, 5.41) is 0. The smallest absolute Gasteiger partial charge is 0.119 e. The number of aryl methyl sites for hydroxylation is 2. The molecule has 0 saturated carbocycles. The fourth-order valence-corrected chi connectivity index (χ4v) is 1.68. The molecular formula is C11H14O2. The Labute approximate surface area is 78.5 Å². The van der Waals surface area contributed by atoms with Crippen LogP contribution in [0.1, 0.15) is 17.5 Å². The van der Waals surface area contributed by atoms with Gasteiger partial charge in [0.15, 0.2) is 0 Å². The molecular weight excluding hydrogens is 164 g/mol. The van der Waals surface area contributed by atoms with Crippen molar-refractivity contribution in [1.82, 2.24) is 0 Å². The number of fused-ring (bicyclic) bond motifs is 1. The summed E-state index contributed by atoms with van der Waals surface area (Å²) in [6.45, 7) is 2.00. The summed E-state index contributed by atoms with van der Waals surface area (Å²) in [5.41, 5.74) is 2.98. The molecule has 0 radical (unpaired) electrons. The highest BCUT2D eigenvalue weighted by Crippen LogP contribution is 2.25. The van der Waals surface area contributed by atoms with Gasteiger partial charge in [-0.05, 0) is 42.5 Å². The number of hydrogen-bond donors (Lipinski definition) is 0. The van der Waals surface area contributed by atoms with Crippen LogP contribution in [0.5, 0.6) is 5.75 Å². The van der Waals surface area contributed by atoms with E-state index >= 15 is 0 Å². The maximum absolute atomic E-state index is 8.00. The van der Waals surface area contributed by atoms with Crippen molar-refractivity contribution in [3.8, 4) is 5.75 Å². The summed E-state index contributed by atoms with van der Waals surface area (Å²) in [4.78, 5) is 8.00. The van der Waals surface area contributed by atoms with Crippen LogP contribution < -0.4 is 4.74 Å². The summed E-state index contributed by atoms with van der Waals surface area (Å²) in [6.07, 6.45) is 3.79. The second-order valence-corrected chi connectivity index (χ2v) is 2.99. The third-order valence-electron chi connectivity index (χ3n) is 2.31. The molecule has 1 aliphatic rings. The van der Waals surface area contributed by atoms with Gasteiger partial charge in [-0.15, -0.1) is 0 Å². The SMILES string of the molecule is C=O.COc1ccc2c(c1)CCC2. The van der Waals surface area contributed by atoms with Crippen LogP contribution in [0, 0.1) is 0 Å². The van der Waals surface area contributed by atoms with E-state index in [1.807, 2.05) is 12.9 Å². The molecule has 13 heavy (non-hydrogen) atoms. The molecule has 0 atom stereocenters. The number of benzene rings is 1. The molecule has 0 N–H and O–H groups in total. The predicted octanol–water partition coefficient (Wildman–Crippen LogP) is 2.00. The number of carbonyl (C=O) groups is 1. The number of methoxy groups -OCH3 is 1. The fraction of sp³-hybridized carbons (Fsp3) is 0.364. The largest absolute Gasteiger partial charge is 0.497 e. The number of carbonyl (C=O) groups excluding carboxylic acids is 1. The fourth-order valence-electron chi connectivity index (χ4n) is 1.68. The maximum Gasteiger partial charge on any atom is 0.119 e. The predicted molar refractivity (Wildman–Crippen MR) is 52.1 cm³/mol. The van der Waals surface area contributed by atoms with Gasteiger partial charge in [0, 0.05) is 0 Å². The summed E-state index contributed by atoms with van der Waals surface area (Å²) in [5.74, 6) is 0.991. The second kappa shape index (κ2) is 4.65. The Kier molecular flexibility index (Phi) is 3.50. The molecule has 0 amide bonds. The van der Waals surface area contributed by atoms with Crippen LogP contribution >= 0.6 is 0 Å². The zero-order chi connectivity index (χ0) is 9.68. The molecule has 0 bridgehead atoms. The van der Waals surface area contributed by atoms with Crippen molar-refractivity contribution in [3.63, 3.8) is 0 Å². The second-order valence-electron chi connectivity index (χ2n) is 2.99. The van der Waals surface area contributed by atoms with Gasteiger partial charge >= 0.3 is 0 Å². The molecule has 2 nitrogen and oxygen atoms in total. The van der Waals surface area contributed by atoms with Crippen molar-refractivity contribution in [2.24, 2.45) is 0 Å². The lowest BCUT2D eigenvalue weighted by molar-refractivity contribution is -0.0979. The highest BCUT2D eigenvalue weighted by Gasteiger charge is 2.10. The quantitative estimate of drug-likeness (QED) is 0.657. The Balaban J connectivity index is 0.000000396. The Morgan fingerprint density at radius 1 is 1.23 bits per heavy atom. The molecule has 0 fully saturated rings. The van der Waals surface area contributed by atoms with E-state index in [-0.39, 0.29) is 0 Å². The number of hydrogen-bond acceptors (Lipinski definition) is 2. The molecule has 0 unspecified atom stereocenters. The zero-order valence-electron chi connectivity index (χ0n) is 7.88. The van der Waals surface area contributed by atoms with E-state index in [0.717, 1.165) is 5.75 Å². The summed E-state index contributed by atoms with van der Waals surface area (Å²) in [6, 6.07) is 6.38. The third kappa shape index (κ3) is 2.08. The molecule has 0 aromatic heterocycles. The van der Waals surface area contributed by atoms with E-state index in [2.05, 4.69) is 12.1 Å². The van der Waals surface area contributed by atoms with Crippen LogP contribution in [-0.2, 0) is 17.6 Å². The molecule has 1 aromatic carbocycles. The Morgan fingerprint density at radius 2 is 1.92 bits per heavy atom. The molecule has 0 saturated heterocycles. The van der Waals surface area contributed by atoms with E-state index in [1.165, 1.54) is 30.4 Å². The van der Waals surface area contributed by atoms with Gasteiger partial charge < -0.3 is 9.53 Å². The van der Waals surface area contributed by atoms with Gasteiger partial charge in [-0.2, -0.15) is 0 Å². The monoisotopic (exact) mass is 178 g/mol. The van der Waals surface area contributed by atoms with Crippen molar-refractivity contribution >= 4 is 6.79 Å². The first-order chi connectivity index (χ1) is 6.40. The highest BCUT2D eigenvalue weighted by atomic mass is 16.5. The minimum absolute atomic E-state index is 0.991. The average Bonchev–Trinajstić information content (AvgIpc) is 2.67. The molecule has 1 aliphatic carbocycles. The van der Waals surface area contributed by atoms with Crippen molar-refractivity contribution < 1.29 is 9.53 Å². The number of rotatable bonds is 1. The maximum atomic E-state index is 8.00. The lowest BCUT2D eigenvalue weighted by atomic mass is 10.1. The number of ether oxygens (including phenoxy) is 1. The van der Waals surface area contributed by atoms with Gasteiger partial charge in [0.1, 0.15) is 12.5 Å². The lowest BCUT2D eigenvalue weighted by Gasteiger charge is -2.02. The Morgan fingerprint density at radius 3 is 2.62 bits per heavy atom. The molecule has 70 valence electrons. The van der Waals surface area contributed by atoms with Crippen molar-refractivity contribution in [2.45, 2.75) is 19.3 Å². The van der Waals surface area contributed by atoms with E-state index in [4.69, 9.17) is 9.53 Å². The standard InChI is InChI=1S/C10H12O.CH2O/c1-11-10-6-5-8-3-2-4-9(8)7-10;1-2/h5-7H,2-4H2,1H3;1H2. The molecule has 0 heterocycles. The van der Waals surface area contributed by atoms with E-state index in [1.54, 1.807) is 7.11 Å². The molecule has 2 rings (SSSR count). The summed E-state index contributed by atoms with van der Waals surface area (Å²) >= 11 is 0. The van der Waals surface area contributed by atoms with Crippen molar-refractivity contribution in [2.75, 3.05) is 7.11 Å². The van der Waals surface area contributed by atoms with Gasteiger partial charge in [-0.25, -0.2) is 0 Å². The van der Waals surface area contributed by atoms with Crippen molar-refractivity contribution in [3.05, 3.63) is 29.3 Å².